The monoisotopic (exact) mass is 431 g/mol. The van der Waals surface area contributed by atoms with E-state index in [2.05, 4.69) is 27.5 Å². The fourth-order valence-corrected chi connectivity index (χ4v) is 4.23. The lowest BCUT2D eigenvalue weighted by Gasteiger charge is -2.36. The molecule has 1 fully saturated rings. The quantitative estimate of drug-likeness (QED) is 0.690. The highest BCUT2D eigenvalue weighted by molar-refractivity contribution is 6.04. The van der Waals surface area contributed by atoms with Crippen LogP contribution in [-0.2, 0) is 9.59 Å². The number of piperidine rings is 1. The molecule has 2 aromatic rings. The summed E-state index contributed by atoms with van der Waals surface area (Å²) in [5.41, 5.74) is -0.434. The third-order valence-electron chi connectivity index (χ3n) is 5.81. The van der Waals surface area contributed by atoms with Gasteiger partial charge in [0.1, 0.15) is 5.82 Å². The van der Waals surface area contributed by atoms with Crippen LogP contribution >= 0.6 is 0 Å². The summed E-state index contributed by atoms with van der Waals surface area (Å²) >= 11 is 0. The van der Waals surface area contributed by atoms with Crippen LogP contribution in [0.3, 0.4) is 0 Å². The van der Waals surface area contributed by atoms with E-state index in [9.17, 15) is 23.2 Å². The fourth-order valence-electron chi connectivity index (χ4n) is 4.23. The second-order valence-corrected chi connectivity index (χ2v) is 7.83. The maximum absolute atomic E-state index is 13.5. The first-order valence-corrected chi connectivity index (χ1v) is 10.3. The van der Waals surface area contributed by atoms with Crippen LogP contribution < -0.4 is 21.1 Å². The van der Waals surface area contributed by atoms with E-state index in [1.54, 1.807) is 0 Å². The molecule has 4 rings (SSSR count). The molecule has 8 nitrogen and oxygen atoms in total. The SMILES string of the molecule is CC[C@@H]1CCCCN1c1nc2c(c(=O)[nH]1)[C@H](C(=O)Nc1ccc(F)c(F)c1)CC(=O)N2. The van der Waals surface area contributed by atoms with Gasteiger partial charge < -0.3 is 15.5 Å². The summed E-state index contributed by atoms with van der Waals surface area (Å²) in [4.78, 5) is 47.2. The van der Waals surface area contributed by atoms with Crippen molar-refractivity contribution >= 4 is 29.3 Å². The molecule has 0 saturated carbocycles. The lowest BCUT2D eigenvalue weighted by Crippen LogP contribution is -2.43. The van der Waals surface area contributed by atoms with Gasteiger partial charge in [0.2, 0.25) is 17.8 Å². The van der Waals surface area contributed by atoms with E-state index in [0.717, 1.165) is 44.4 Å². The molecule has 2 amide bonds. The Labute approximate surface area is 177 Å². The second kappa shape index (κ2) is 8.44. The highest BCUT2D eigenvalue weighted by Crippen LogP contribution is 2.31. The standard InChI is InChI=1S/C21H23F2N5O3/c1-2-12-5-3-4-8-28(12)21-26-18-17(20(31)27-21)13(10-16(29)25-18)19(30)24-11-6-7-14(22)15(23)9-11/h6-7,9,12-13H,2-5,8,10H2,1H3,(H,24,30)(H2,25,26,27,29,31)/t12-,13-/m1/s1. The highest BCUT2D eigenvalue weighted by atomic mass is 19.2. The number of H-pyrrole nitrogens is 1. The molecule has 1 aromatic heterocycles. The number of fused-ring (bicyclic) bond motifs is 1. The Kier molecular flexibility index (Phi) is 5.71. The molecule has 2 aliphatic heterocycles. The van der Waals surface area contributed by atoms with Gasteiger partial charge >= 0.3 is 0 Å². The van der Waals surface area contributed by atoms with Gasteiger partial charge in [-0.15, -0.1) is 0 Å². The zero-order valence-corrected chi connectivity index (χ0v) is 17.0. The van der Waals surface area contributed by atoms with Gasteiger partial charge in [-0.25, -0.2) is 8.78 Å². The van der Waals surface area contributed by atoms with Crippen LogP contribution in [0.5, 0.6) is 0 Å². The zero-order chi connectivity index (χ0) is 22.1. The predicted octanol–water partition coefficient (Wildman–Crippen LogP) is 2.88. The number of nitrogens with one attached hydrogen (secondary N) is 3. The largest absolute Gasteiger partial charge is 0.339 e. The molecule has 2 atom stereocenters. The highest BCUT2D eigenvalue weighted by Gasteiger charge is 2.36. The summed E-state index contributed by atoms with van der Waals surface area (Å²) in [6.45, 7) is 2.81. The van der Waals surface area contributed by atoms with Crippen molar-refractivity contribution in [1.82, 2.24) is 9.97 Å². The van der Waals surface area contributed by atoms with Crippen molar-refractivity contribution < 1.29 is 18.4 Å². The summed E-state index contributed by atoms with van der Waals surface area (Å²) in [6, 6.07) is 3.16. The van der Waals surface area contributed by atoms with Gasteiger partial charge in [-0.2, -0.15) is 4.98 Å². The molecule has 0 bridgehead atoms. The number of hydrogen-bond acceptors (Lipinski definition) is 5. The molecule has 3 heterocycles. The maximum Gasteiger partial charge on any atom is 0.258 e. The molecule has 0 radical (unpaired) electrons. The number of anilines is 3. The van der Waals surface area contributed by atoms with E-state index in [1.165, 1.54) is 6.07 Å². The maximum atomic E-state index is 13.5. The van der Waals surface area contributed by atoms with Gasteiger partial charge in [-0.05, 0) is 37.8 Å². The van der Waals surface area contributed by atoms with Crippen molar-refractivity contribution in [3.63, 3.8) is 0 Å². The van der Waals surface area contributed by atoms with Crippen molar-refractivity contribution in [3.8, 4) is 0 Å². The van der Waals surface area contributed by atoms with Gasteiger partial charge in [0.25, 0.3) is 5.56 Å². The normalized spacial score (nSPS) is 20.7. The number of aromatic amines is 1. The minimum Gasteiger partial charge on any atom is -0.339 e. The number of halogens is 2. The average molecular weight is 431 g/mol. The van der Waals surface area contributed by atoms with E-state index in [4.69, 9.17) is 0 Å². The Morgan fingerprint density at radius 3 is 2.81 bits per heavy atom. The number of rotatable bonds is 4. The Balaban J connectivity index is 1.65. The molecule has 0 aliphatic carbocycles. The minimum atomic E-state index is -1.12. The van der Waals surface area contributed by atoms with Gasteiger partial charge in [0, 0.05) is 30.8 Å². The van der Waals surface area contributed by atoms with Gasteiger partial charge in [-0.3, -0.25) is 19.4 Å². The molecular formula is C21H23F2N5O3. The first kappa shape index (κ1) is 21.0. The lowest BCUT2D eigenvalue weighted by atomic mass is 9.92. The summed E-state index contributed by atoms with van der Waals surface area (Å²) in [5.74, 6) is -3.96. The smallest absolute Gasteiger partial charge is 0.258 e. The Hall–Kier alpha value is -3.30. The van der Waals surface area contributed by atoms with E-state index in [0.29, 0.717) is 5.95 Å². The topological polar surface area (TPSA) is 107 Å². The average Bonchev–Trinajstić information content (AvgIpc) is 2.75. The van der Waals surface area contributed by atoms with Crippen LogP contribution in [0.1, 0.15) is 50.5 Å². The van der Waals surface area contributed by atoms with Crippen LogP contribution in [0.4, 0.5) is 26.2 Å². The van der Waals surface area contributed by atoms with Crippen LogP contribution in [0.2, 0.25) is 0 Å². The minimum absolute atomic E-state index is 0.0246. The van der Waals surface area contributed by atoms with Crippen LogP contribution in [-0.4, -0.2) is 34.4 Å². The van der Waals surface area contributed by atoms with E-state index >= 15 is 0 Å². The van der Waals surface area contributed by atoms with Crippen LogP contribution in [0.25, 0.3) is 0 Å². The Bertz CT molecular complexity index is 1090. The van der Waals surface area contributed by atoms with Gasteiger partial charge in [-0.1, -0.05) is 6.92 Å². The second-order valence-electron chi connectivity index (χ2n) is 7.83. The molecule has 2 aliphatic rings. The van der Waals surface area contributed by atoms with Crippen molar-refractivity contribution in [2.24, 2.45) is 0 Å². The molecule has 3 N–H and O–H groups in total. The summed E-state index contributed by atoms with van der Waals surface area (Å²) < 4.78 is 26.6. The molecule has 164 valence electrons. The van der Waals surface area contributed by atoms with Gasteiger partial charge in [0.05, 0.1) is 11.5 Å². The number of carbonyl (C=O) groups is 2. The molecule has 0 unspecified atom stereocenters. The predicted molar refractivity (Wildman–Crippen MR) is 111 cm³/mol. The molecule has 0 spiro atoms. The molecule has 10 heteroatoms. The van der Waals surface area contributed by atoms with E-state index in [-0.39, 0.29) is 29.5 Å². The lowest BCUT2D eigenvalue weighted by molar-refractivity contribution is -0.123. The van der Waals surface area contributed by atoms with Crippen molar-refractivity contribution in [1.29, 1.82) is 0 Å². The summed E-state index contributed by atoms with van der Waals surface area (Å²) in [7, 11) is 0. The first-order chi connectivity index (χ1) is 14.9. The number of nitrogens with zero attached hydrogens (tertiary/aromatic N) is 2. The number of carbonyl (C=O) groups excluding carboxylic acids is 2. The Morgan fingerprint density at radius 2 is 2.06 bits per heavy atom. The van der Waals surface area contributed by atoms with E-state index < -0.39 is 34.9 Å². The third kappa shape index (κ3) is 4.14. The number of hydrogen-bond donors (Lipinski definition) is 3. The van der Waals surface area contributed by atoms with Crippen LogP contribution in [0, 0.1) is 11.6 Å². The summed E-state index contributed by atoms with van der Waals surface area (Å²) in [5, 5.41) is 5.04. The summed E-state index contributed by atoms with van der Waals surface area (Å²) in [6.07, 6.45) is 3.71. The van der Waals surface area contributed by atoms with E-state index in [1.807, 2.05) is 4.90 Å². The van der Waals surface area contributed by atoms with Crippen molar-refractivity contribution in [2.75, 3.05) is 22.1 Å². The molecule has 1 saturated heterocycles. The molecular weight excluding hydrogens is 408 g/mol. The molecule has 1 aromatic carbocycles. The third-order valence-corrected chi connectivity index (χ3v) is 5.81. The number of amides is 2. The van der Waals surface area contributed by atoms with Gasteiger partial charge in [0.15, 0.2) is 11.6 Å². The zero-order valence-electron chi connectivity index (χ0n) is 17.0. The number of benzene rings is 1. The Morgan fingerprint density at radius 1 is 1.26 bits per heavy atom. The van der Waals surface area contributed by atoms with Crippen molar-refractivity contribution in [3.05, 3.63) is 45.8 Å². The fraction of sp³-hybridized carbons (Fsp3) is 0.429. The number of aromatic nitrogens is 2. The van der Waals surface area contributed by atoms with Crippen molar-refractivity contribution in [2.45, 2.75) is 51.0 Å². The first-order valence-electron chi connectivity index (χ1n) is 10.3. The molecule has 31 heavy (non-hydrogen) atoms. The van der Waals surface area contributed by atoms with Crippen LogP contribution in [0.15, 0.2) is 23.0 Å².